The van der Waals surface area contributed by atoms with Crippen LogP contribution in [0.4, 0.5) is 0 Å². The van der Waals surface area contributed by atoms with Gasteiger partial charge in [-0.25, -0.2) is 4.98 Å². The summed E-state index contributed by atoms with van der Waals surface area (Å²) >= 11 is 0. The first-order valence-electron chi connectivity index (χ1n) is 10.7. The number of imidazole rings is 1. The zero-order valence-corrected chi connectivity index (χ0v) is 18.0. The van der Waals surface area contributed by atoms with Crippen LogP contribution in [0, 0.1) is 12.8 Å². The van der Waals surface area contributed by atoms with Crippen LogP contribution in [0.2, 0.25) is 0 Å². The van der Waals surface area contributed by atoms with Gasteiger partial charge in [-0.15, -0.1) is 0 Å². The second kappa shape index (κ2) is 9.31. The van der Waals surface area contributed by atoms with Gasteiger partial charge in [0, 0.05) is 50.3 Å². The number of hydrogen-bond donors (Lipinski definition) is 1. The Bertz CT molecular complexity index is 1090. The van der Waals surface area contributed by atoms with E-state index in [1.54, 1.807) is 30.9 Å². The van der Waals surface area contributed by atoms with Crippen molar-refractivity contribution in [2.24, 2.45) is 13.0 Å². The first-order chi connectivity index (χ1) is 15.0. The molecule has 162 valence electrons. The highest BCUT2D eigenvalue weighted by molar-refractivity contribution is 5.92. The molecule has 0 radical (unpaired) electrons. The molecule has 1 unspecified atom stereocenters. The van der Waals surface area contributed by atoms with E-state index in [0.717, 1.165) is 30.6 Å². The number of carbonyl (C=O) groups is 1. The Morgan fingerprint density at radius 2 is 2.06 bits per heavy atom. The molecule has 7 heteroatoms. The number of nitrogens with zero attached hydrogens (tertiary/aromatic N) is 3. The third-order valence-electron chi connectivity index (χ3n) is 5.63. The van der Waals surface area contributed by atoms with Crippen molar-refractivity contribution in [3.05, 3.63) is 76.0 Å². The molecule has 4 rings (SSSR count). The summed E-state index contributed by atoms with van der Waals surface area (Å²) in [5, 5.41) is 3.01. The number of rotatable bonds is 6. The van der Waals surface area contributed by atoms with Crippen LogP contribution in [0.25, 0.3) is 11.4 Å². The summed E-state index contributed by atoms with van der Waals surface area (Å²) in [5.41, 5.74) is 2.87. The molecule has 0 saturated carbocycles. The van der Waals surface area contributed by atoms with Gasteiger partial charge in [-0.2, -0.15) is 0 Å². The number of hydrogen-bond acceptors (Lipinski definition) is 4. The summed E-state index contributed by atoms with van der Waals surface area (Å²) in [6.07, 6.45) is 5.64. The average molecular weight is 421 g/mol. The van der Waals surface area contributed by atoms with Gasteiger partial charge in [0.15, 0.2) is 0 Å². The molecule has 1 amide bonds. The average Bonchev–Trinajstić information content (AvgIpc) is 3.20. The number of amides is 1. The molecule has 0 aliphatic carbocycles. The van der Waals surface area contributed by atoms with E-state index in [1.807, 2.05) is 41.0 Å². The van der Waals surface area contributed by atoms with Crippen LogP contribution < -0.4 is 10.9 Å². The Labute approximate surface area is 181 Å². The lowest BCUT2D eigenvalue weighted by molar-refractivity contribution is 0.0536. The Morgan fingerprint density at radius 1 is 1.26 bits per heavy atom. The van der Waals surface area contributed by atoms with Gasteiger partial charge in [0.1, 0.15) is 11.5 Å². The van der Waals surface area contributed by atoms with Crippen LogP contribution >= 0.6 is 0 Å². The van der Waals surface area contributed by atoms with Crippen molar-refractivity contribution in [3.8, 4) is 11.4 Å². The van der Waals surface area contributed by atoms with Crippen molar-refractivity contribution >= 4 is 5.91 Å². The Kier molecular flexibility index (Phi) is 6.32. The predicted octanol–water partition coefficient (Wildman–Crippen LogP) is 2.76. The van der Waals surface area contributed by atoms with Gasteiger partial charge in [-0.05, 0) is 37.3 Å². The van der Waals surface area contributed by atoms with Gasteiger partial charge in [-0.1, -0.05) is 30.3 Å². The van der Waals surface area contributed by atoms with E-state index in [1.165, 1.54) is 0 Å². The van der Waals surface area contributed by atoms with Crippen LogP contribution in [0.3, 0.4) is 0 Å². The third kappa shape index (κ3) is 4.94. The molecule has 0 spiro atoms. The summed E-state index contributed by atoms with van der Waals surface area (Å²) in [4.78, 5) is 29.6. The van der Waals surface area contributed by atoms with Crippen molar-refractivity contribution in [1.82, 2.24) is 19.4 Å². The fourth-order valence-corrected chi connectivity index (χ4v) is 3.95. The van der Waals surface area contributed by atoms with Gasteiger partial charge in [0.2, 0.25) is 0 Å². The minimum absolute atomic E-state index is 0.0439. The number of carbonyl (C=O) groups excluding carboxylic acids is 1. The molecular weight excluding hydrogens is 392 g/mol. The summed E-state index contributed by atoms with van der Waals surface area (Å²) in [6.45, 7) is 4.44. The fraction of sp³-hybridized carbons (Fsp3) is 0.375. The monoisotopic (exact) mass is 420 g/mol. The maximum absolute atomic E-state index is 12.8. The van der Waals surface area contributed by atoms with E-state index in [4.69, 9.17) is 4.74 Å². The normalized spacial score (nSPS) is 16.3. The minimum Gasteiger partial charge on any atom is -0.381 e. The van der Waals surface area contributed by atoms with Crippen LogP contribution in [0.15, 0.2) is 53.6 Å². The molecule has 1 aliphatic heterocycles. The number of aryl methyl sites for hydroxylation is 2. The molecule has 1 aromatic carbocycles. The number of aromatic nitrogens is 3. The molecule has 2 aromatic heterocycles. The van der Waals surface area contributed by atoms with Crippen molar-refractivity contribution in [2.45, 2.75) is 26.3 Å². The molecule has 1 atom stereocenters. The Morgan fingerprint density at radius 3 is 2.77 bits per heavy atom. The molecule has 7 nitrogen and oxygen atoms in total. The van der Waals surface area contributed by atoms with Crippen LogP contribution in [-0.4, -0.2) is 39.8 Å². The van der Waals surface area contributed by atoms with Crippen LogP contribution in [0.1, 0.15) is 34.5 Å². The lowest BCUT2D eigenvalue weighted by Crippen LogP contribution is -2.33. The molecule has 3 aromatic rings. The van der Waals surface area contributed by atoms with E-state index in [9.17, 15) is 9.59 Å². The van der Waals surface area contributed by atoms with Crippen molar-refractivity contribution in [1.29, 1.82) is 0 Å². The maximum Gasteiger partial charge on any atom is 0.271 e. The largest absolute Gasteiger partial charge is 0.381 e. The third-order valence-corrected chi connectivity index (χ3v) is 5.63. The smallest absolute Gasteiger partial charge is 0.271 e. The van der Waals surface area contributed by atoms with Gasteiger partial charge in [0.05, 0.1) is 6.61 Å². The molecule has 3 heterocycles. The molecule has 31 heavy (non-hydrogen) atoms. The summed E-state index contributed by atoms with van der Waals surface area (Å²) < 4.78 is 9.02. The first-order valence-corrected chi connectivity index (χ1v) is 10.7. The van der Waals surface area contributed by atoms with Crippen molar-refractivity contribution in [3.63, 3.8) is 0 Å². The maximum atomic E-state index is 12.8. The van der Waals surface area contributed by atoms with E-state index in [0.29, 0.717) is 42.7 Å². The summed E-state index contributed by atoms with van der Waals surface area (Å²) in [7, 11) is 1.73. The zero-order valence-electron chi connectivity index (χ0n) is 18.0. The Balaban J connectivity index is 1.63. The number of benzene rings is 1. The standard InChI is InChI=1S/C24H28N4O3/c1-17-11-20(14-27(2)24(17)30)22-26-21(15-28(22)13-18-7-4-3-5-8-18)23(29)25-12-19-9-6-10-31-16-19/h3-5,7-8,11,14-15,19H,6,9-10,12-13,16H2,1-2H3,(H,25,29). The van der Waals surface area contributed by atoms with Crippen molar-refractivity contribution in [2.75, 3.05) is 19.8 Å². The topological polar surface area (TPSA) is 78.2 Å². The highest BCUT2D eigenvalue weighted by Gasteiger charge is 2.19. The summed E-state index contributed by atoms with van der Waals surface area (Å²) in [5.74, 6) is 0.809. The predicted molar refractivity (Wildman–Crippen MR) is 119 cm³/mol. The molecule has 1 fully saturated rings. The molecule has 1 N–H and O–H groups in total. The Hall–Kier alpha value is -3.19. The zero-order chi connectivity index (χ0) is 21.8. The highest BCUT2D eigenvalue weighted by Crippen LogP contribution is 2.21. The number of nitrogens with one attached hydrogen (secondary N) is 1. The molecular formula is C24H28N4O3. The molecule has 1 saturated heterocycles. The second-order valence-corrected chi connectivity index (χ2v) is 8.18. The molecule has 1 aliphatic rings. The van der Waals surface area contributed by atoms with E-state index >= 15 is 0 Å². The summed E-state index contributed by atoms with van der Waals surface area (Å²) in [6, 6.07) is 11.9. The van der Waals surface area contributed by atoms with Gasteiger partial charge >= 0.3 is 0 Å². The lowest BCUT2D eigenvalue weighted by atomic mass is 10.0. The lowest BCUT2D eigenvalue weighted by Gasteiger charge is -2.21. The number of pyridine rings is 1. The van der Waals surface area contributed by atoms with Gasteiger partial charge < -0.3 is 19.2 Å². The van der Waals surface area contributed by atoms with Crippen molar-refractivity contribution < 1.29 is 9.53 Å². The van der Waals surface area contributed by atoms with Crippen LogP contribution in [-0.2, 0) is 18.3 Å². The number of ether oxygens (including phenoxy) is 1. The van der Waals surface area contributed by atoms with Crippen LogP contribution in [0.5, 0.6) is 0 Å². The SMILES string of the molecule is Cc1cc(-c2nc(C(=O)NCC3CCCOC3)cn2Cc2ccccc2)cn(C)c1=O. The van der Waals surface area contributed by atoms with Gasteiger partial charge in [0.25, 0.3) is 11.5 Å². The molecule has 0 bridgehead atoms. The van der Waals surface area contributed by atoms with E-state index in [-0.39, 0.29) is 11.5 Å². The van der Waals surface area contributed by atoms with Gasteiger partial charge in [-0.3, -0.25) is 9.59 Å². The fourth-order valence-electron chi connectivity index (χ4n) is 3.95. The quantitative estimate of drug-likeness (QED) is 0.665. The first kappa shape index (κ1) is 21.1. The second-order valence-electron chi connectivity index (χ2n) is 8.18. The highest BCUT2D eigenvalue weighted by atomic mass is 16.5. The minimum atomic E-state index is -0.194. The van der Waals surface area contributed by atoms with E-state index in [2.05, 4.69) is 10.3 Å². The van der Waals surface area contributed by atoms with E-state index < -0.39 is 0 Å².